The first-order valence-corrected chi connectivity index (χ1v) is 8.27. The first kappa shape index (κ1) is 16.6. The van der Waals surface area contributed by atoms with Gasteiger partial charge in [-0.3, -0.25) is 14.4 Å². The van der Waals surface area contributed by atoms with Crippen LogP contribution in [0.15, 0.2) is 30.3 Å². The number of nitrogens with one attached hydrogen (secondary N) is 1. The van der Waals surface area contributed by atoms with Crippen molar-refractivity contribution < 1.29 is 9.18 Å². The molecule has 1 amide bonds. The molecule has 0 spiro atoms. The third kappa shape index (κ3) is 4.20. The van der Waals surface area contributed by atoms with Gasteiger partial charge in [-0.05, 0) is 49.9 Å². The number of likely N-dealkylation sites (tertiary alicyclic amines) is 1. The Balaban J connectivity index is 1.48. The van der Waals surface area contributed by atoms with Gasteiger partial charge in [-0.1, -0.05) is 12.1 Å². The number of carbonyl (C=O) groups is 1. The Kier molecular flexibility index (Phi) is 4.94. The third-order valence-electron chi connectivity index (χ3n) is 4.44. The van der Waals surface area contributed by atoms with E-state index in [0.717, 1.165) is 43.0 Å². The van der Waals surface area contributed by atoms with E-state index in [1.54, 1.807) is 4.68 Å². The SMILES string of the molecule is Cc1cc(NC(=O)CN2CCC(Cc3ccc(F)cc3)C2)n(C)n1. The molecule has 1 saturated heterocycles. The Hall–Kier alpha value is -2.21. The summed E-state index contributed by atoms with van der Waals surface area (Å²) >= 11 is 0. The van der Waals surface area contributed by atoms with Crippen LogP contribution in [0.25, 0.3) is 0 Å². The molecule has 1 fully saturated rings. The predicted molar refractivity (Wildman–Crippen MR) is 91.2 cm³/mol. The summed E-state index contributed by atoms with van der Waals surface area (Å²) in [7, 11) is 1.82. The van der Waals surface area contributed by atoms with Crippen molar-refractivity contribution in [3.8, 4) is 0 Å². The number of hydrogen-bond donors (Lipinski definition) is 1. The molecule has 1 N–H and O–H groups in total. The van der Waals surface area contributed by atoms with Crippen LogP contribution in [-0.2, 0) is 18.3 Å². The third-order valence-corrected chi connectivity index (χ3v) is 4.44. The Labute approximate surface area is 141 Å². The van der Waals surface area contributed by atoms with Crippen LogP contribution in [0.2, 0.25) is 0 Å². The smallest absolute Gasteiger partial charge is 0.239 e. The number of nitrogens with zero attached hydrogens (tertiary/aromatic N) is 3. The summed E-state index contributed by atoms with van der Waals surface area (Å²) in [5, 5.41) is 7.13. The molecule has 3 rings (SSSR count). The number of halogens is 1. The highest BCUT2D eigenvalue weighted by molar-refractivity contribution is 5.91. The number of benzene rings is 1. The van der Waals surface area contributed by atoms with Crippen LogP contribution < -0.4 is 5.32 Å². The van der Waals surface area contributed by atoms with Crippen molar-refractivity contribution >= 4 is 11.7 Å². The molecule has 5 nitrogen and oxygen atoms in total. The molecule has 0 aliphatic carbocycles. The Bertz CT molecular complexity index is 710. The van der Waals surface area contributed by atoms with Crippen LogP contribution in [0.1, 0.15) is 17.7 Å². The monoisotopic (exact) mass is 330 g/mol. The number of rotatable bonds is 5. The van der Waals surface area contributed by atoms with Crippen molar-refractivity contribution in [2.75, 3.05) is 25.0 Å². The second kappa shape index (κ2) is 7.13. The standard InChI is InChI=1S/C18H23FN4O/c1-13-9-17(22(2)21-13)20-18(24)12-23-8-7-15(11-23)10-14-3-5-16(19)6-4-14/h3-6,9,15H,7-8,10-12H2,1-2H3,(H,20,24). The zero-order valence-corrected chi connectivity index (χ0v) is 14.1. The van der Waals surface area contributed by atoms with Gasteiger partial charge in [-0.25, -0.2) is 4.39 Å². The van der Waals surface area contributed by atoms with Gasteiger partial charge in [0.2, 0.25) is 5.91 Å². The summed E-state index contributed by atoms with van der Waals surface area (Å²) < 4.78 is 14.6. The molecular formula is C18H23FN4O. The first-order valence-electron chi connectivity index (χ1n) is 8.27. The zero-order valence-electron chi connectivity index (χ0n) is 14.1. The number of aryl methyl sites for hydroxylation is 2. The van der Waals surface area contributed by atoms with Gasteiger partial charge in [-0.2, -0.15) is 5.10 Å². The maximum atomic E-state index is 13.0. The van der Waals surface area contributed by atoms with Crippen LogP contribution >= 0.6 is 0 Å². The Morgan fingerprint density at radius 3 is 2.79 bits per heavy atom. The summed E-state index contributed by atoms with van der Waals surface area (Å²) in [6.07, 6.45) is 1.99. The molecule has 6 heteroatoms. The molecule has 1 atom stereocenters. The molecule has 1 aromatic carbocycles. The van der Waals surface area contributed by atoms with E-state index in [-0.39, 0.29) is 11.7 Å². The predicted octanol–water partition coefficient (Wildman–Crippen LogP) is 2.37. The second-order valence-corrected chi connectivity index (χ2v) is 6.56. The summed E-state index contributed by atoms with van der Waals surface area (Å²) in [6.45, 7) is 4.11. The van der Waals surface area contributed by atoms with Gasteiger partial charge >= 0.3 is 0 Å². The lowest BCUT2D eigenvalue weighted by Gasteiger charge is -2.15. The van der Waals surface area contributed by atoms with Crippen LogP contribution in [-0.4, -0.2) is 40.2 Å². The molecular weight excluding hydrogens is 307 g/mol. The van der Waals surface area contributed by atoms with Gasteiger partial charge in [0.05, 0.1) is 12.2 Å². The minimum absolute atomic E-state index is 0.0135. The van der Waals surface area contributed by atoms with E-state index in [1.165, 1.54) is 12.1 Å². The highest BCUT2D eigenvalue weighted by Crippen LogP contribution is 2.21. The summed E-state index contributed by atoms with van der Waals surface area (Å²) in [6, 6.07) is 8.56. The fourth-order valence-electron chi connectivity index (χ4n) is 3.29. The van der Waals surface area contributed by atoms with Gasteiger partial charge < -0.3 is 5.32 Å². The molecule has 2 heterocycles. The van der Waals surface area contributed by atoms with E-state index in [1.807, 2.05) is 32.2 Å². The highest BCUT2D eigenvalue weighted by Gasteiger charge is 2.24. The van der Waals surface area contributed by atoms with Crippen molar-refractivity contribution in [1.82, 2.24) is 14.7 Å². The summed E-state index contributed by atoms with van der Waals surface area (Å²) in [5.41, 5.74) is 2.03. The van der Waals surface area contributed by atoms with Crippen molar-refractivity contribution in [3.05, 3.63) is 47.4 Å². The average Bonchev–Trinajstić information content (AvgIpc) is 3.08. The van der Waals surface area contributed by atoms with Crippen molar-refractivity contribution in [2.24, 2.45) is 13.0 Å². The number of hydrogen-bond acceptors (Lipinski definition) is 3. The molecule has 0 saturated carbocycles. The molecule has 128 valence electrons. The molecule has 2 aromatic rings. The number of carbonyl (C=O) groups excluding carboxylic acids is 1. The molecule has 1 unspecified atom stereocenters. The first-order chi connectivity index (χ1) is 11.5. The quantitative estimate of drug-likeness (QED) is 0.916. The lowest BCUT2D eigenvalue weighted by atomic mass is 9.99. The molecule has 0 bridgehead atoms. The average molecular weight is 330 g/mol. The minimum atomic E-state index is -0.200. The zero-order chi connectivity index (χ0) is 17.1. The lowest BCUT2D eigenvalue weighted by molar-refractivity contribution is -0.117. The van der Waals surface area contributed by atoms with E-state index in [9.17, 15) is 9.18 Å². The Morgan fingerprint density at radius 1 is 1.38 bits per heavy atom. The van der Waals surface area contributed by atoms with E-state index < -0.39 is 0 Å². The molecule has 24 heavy (non-hydrogen) atoms. The number of aromatic nitrogens is 2. The van der Waals surface area contributed by atoms with Gasteiger partial charge in [0, 0.05) is 19.7 Å². The van der Waals surface area contributed by atoms with Gasteiger partial charge in [-0.15, -0.1) is 0 Å². The topological polar surface area (TPSA) is 50.2 Å². The summed E-state index contributed by atoms with van der Waals surface area (Å²) in [4.78, 5) is 14.4. The van der Waals surface area contributed by atoms with Gasteiger partial charge in [0.15, 0.2) is 0 Å². The van der Waals surface area contributed by atoms with E-state index >= 15 is 0 Å². The second-order valence-electron chi connectivity index (χ2n) is 6.56. The Morgan fingerprint density at radius 2 is 2.12 bits per heavy atom. The number of anilines is 1. The highest BCUT2D eigenvalue weighted by atomic mass is 19.1. The van der Waals surface area contributed by atoms with E-state index in [0.29, 0.717) is 12.5 Å². The van der Waals surface area contributed by atoms with Crippen molar-refractivity contribution in [1.29, 1.82) is 0 Å². The molecule has 0 radical (unpaired) electrons. The van der Waals surface area contributed by atoms with E-state index in [2.05, 4.69) is 15.3 Å². The molecule has 1 aliphatic rings. The van der Waals surface area contributed by atoms with Gasteiger partial charge in [0.1, 0.15) is 11.6 Å². The van der Waals surface area contributed by atoms with Crippen LogP contribution in [0.4, 0.5) is 10.2 Å². The molecule has 1 aromatic heterocycles. The normalized spacial score (nSPS) is 18.0. The van der Waals surface area contributed by atoms with Crippen molar-refractivity contribution in [2.45, 2.75) is 19.8 Å². The molecule has 1 aliphatic heterocycles. The fourth-order valence-corrected chi connectivity index (χ4v) is 3.29. The van der Waals surface area contributed by atoms with Crippen LogP contribution in [0, 0.1) is 18.7 Å². The lowest BCUT2D eigenvalue weighted by Crippen LogP contribution is -2.32. The van der Waals surface area contributed by atoms with Gasteiger partial charge in [0.25, 0.3) is 0 Å². The maximum Gasteiger partial charge on any atom is 0.239 e. The number of amides is 1. The van der Waals surface area contributed by atoms with Crippen molar-refractivity contribution in [3.63, 3.8) is 0 Å². The van der Waals surface area contributed by atoms with Crippen LogP contribution in [0.5, 0.6) is 0 Å². The van der Waals surface area contributed by atoms with E-state index in [4.69, 9.17) is 0 Å². The largest absolute Gasteiger partial charge is 0.310 e. The minimum Gasteiger partial charge on any atom is -0.310 e. The maximum absolute atomic E-state index is 13.0. The fraction of sp³-hybridized carbons (Fsp3) is 0.444. The van der Waals surface area contributed by atoms with Crippen LogP contribution in [0.3, 0.4) is 0 Å². The summed E-state index contributed by atoms with van der Waals surface area (Å²) in [5.74, 6) is 1.02.